The molecule has 0 saturated carbocycles. The van der Waals surface area contributed by atoms with Crippen LogP contribution in [0.25, 0.3) is 0 Å². The van der Waals surface area contributed by atoms with Gasteiger partial charge in [0, 0.05) is 17.9 Å². The molecule has 1 aromatic rings. The number of hydrogen-bond donors (Lipinski definition) is 0. The highest BCUT2D eigenvalue weighted by Crippen LogP contribution is 2.33. The van der Waals surface area contributed by atoms with E-state index in [4.69, 9.17) is 0 Å². The van der Waals surface area contributed by atoms with Crippen molar-refractivity contribution in [3.05, 3.63) is 29.6 Å². The molecule has 1 saturated heterocycles. The Morgan fingerprint density at radius 3 is 2.82 bits per heavy atom. The zero-order valence-electron chi connectivity index (χ0n) is 10.4. The summed E-state index contributed by atoms with van der Waals surface area (Å²) in [5, 5.41) is 0.707. The number of halogens is 2. The summed E-state index contributed by atoms with van der Waals surface area (Å²) in [7, 11) is 0. The number of benzene rings is 1. The first-order chi connectivity index (χ1) is 8.13. The molecule has 2 rings (SSSR count). The number of hydrogen-bond acceptors (Lipinski definition) is 1. The van der Waals surface area contributed by atoms with Crippen molar-refractivity contribution < 1.29 is 4.39 Å². The van der Waals surface area contributed by atoms with Gasteiger partial charge in [0.2, 0.25) is 0 Å². The second-order valence-electron chi connectivity index (χ2n) is 5.05. The predicted octanol–water partition coefficient (Wildman–Crippen LogP) is 4.35. The molecule has 0 amide bonds. The van der Waals surface area contributed by atoms with Crippen LogP contribution in [0.15, 0.2) is 18.2 Å². The van der Waals surface area contributed by atoms with Crippen LogP contribution >= 0.6 is 15.9 Å². The Morgan fingerprint density at radius 1 is 1.41 bits per heavy atom. The van der Waals surface area contributed by atoms with Crippen LogP contribution in [0.3, 0.4) is 0 Å². The summed E-state index contributed by atoms with van der Waals surface area (Å²) < 4.78 is 14.0. The molecule has 1 aromatic carbocycles. The first-order valence-electron chi connectivity index (χ1n) is 6.23. The molecular formula is C14H19BrFN. The number of nitrogens with zero attached hydrogens (tertiary/aromatic N) is 1. The van der Waals surface area contributed by atoms with Crippen LogP contribution in [-0.4, -0.2) is 12.6 Å². The Bertz CT molecular complexity index is 394. The van der Waals surface area contributed by atoms with Gasteiger partial charge in [-0.05, 0) is 37.3 Å². The molecule has 1 fully saturated rings. The minimum absolute atomic E-state index is 0.0941. The van der Waals surface area contributed by atoms with Gasteiger partial charge in [0.05, 0.1) is 5.69 Å². The van der Waals surface area contributed by atoms with Crippen molar-refractivity contribution in [3.8, 4) is 0 Å². The van der Waals surface area contributed by atoms with Crippen molar-refractivity contribution in [3.63, 3.8) is 0 Å². The average Bonchev–Trinajstić information content (AvgIpc) is 2.30. The lowest BCUT2D eigenvalue weighted by Crippen LogP contribution is -2.41. The molecule has 0 aromatic heterocycles. The summed E-state index contributed by atoms with van der Waals surface area (Å²) in [6.07, 6.45) is 2.30. The third-order valence-corrected chi connectivity index (χ3v) is 4.24. The van der Waals surface area contributed by atoms with Crippen molar-refractivity contribution >= 4 is 21.6 Å². The van der Waals surface area contributed by atoms with Crippen molar-refractivity contribution in [2.45, 2.75) is 38.1 Å². The first kappa shape index (κ1) is 12.9. The fraction of sp³-hybridized carbons (Fsp3) is 0.571. The molecule has 3 heteroatoms. The number of anilines is 1. The van der Waals surface area contributed by atoms with Crippen LogP contribution in [0, 0.1) is 11.7 Å². The Morgan fingerprint density at radius 2 is 2.18 bits per heavy atom. The molecule has 0 N–H and O–H groups in total. The fourth-order valence-corrected chi connectivity index (χ4v) is 3.18. The fourth-order valence-electron chi connectivity index (χ4n) is 2.73. The van der Waals surface area contributed by atoms with E-state index in [2.05, 4.69) is 34.7 Å². The van der Waals surface area contributed by atoms with Crippen LogP contribution in [0.1, 0.15) is 32.3 Å². The van der Waals surface area contributed by atoms with Gasteiger partial charge in [0.1, 0.15) is 5.82 Å². The molecule has 17 heavy (non-hydrogen) atoms. The average molecular weight is 300 g/mol. The van der Waals surface area contributed by atoms with Gasteiger partial charge in [0.15, 0.2) is 0 Å². The van der Waals surface area contributed by atoms with Gasteiger partial charge in [0.25, 0.3) is 0 Å². The van der Waals surface area contributed by atoms with Gasteiger partial charge < -0.3 is 4.90 Å². The van der Waals surface area contributed by atoms with Gasteiger partial charge in [-0.2, -0.15) is 0 Å². The van der Waals surface area contributed by atoms with Crippen LogP contribution in [0.2, 0.25) is 0 Å². The molecule has 1 nitrogen and oxygen atoms in total. The minimum atomic E-state index is -0.0941. The van der Waals surface area contributed by atoms with E-state index in [1.165, 1.54) is 0 Å². The van der Waals surface area contributed by atoms with Crippen molar-refractivity contribution in [2.24, 2.45) is 5.92 Å². The van der Waals surface area contributed by atoms with E-state index < -0.39 is 0 Å². The van der Waals surface area contributed by atoms with E-state index in [0.717, 1.165) is 36.6 Å². The topological polar surface area (TPSA) is 3.24 Å². The lowest BCUT2D eigenvalue weighted by Gasteiger charge is -2.39. The van der Waals surface area contributed by atoms with E-state index in [0.29, 0.717) is 11.4 Å². The van der Waals surface area contributed by atoms with Crippen LogP contribution in [0.4, 0.5) is 10.1 Å². The van der Waals surface area contributed by atoms with Gasteiger partial charge in [-0.1, -0.05) is 35.0 Å². The summed E-state index contributed by atoms with van der Waals surface area (Å²) in [5.74, 6) is 0.656. The van der Waals surface area contributed by atoms with Gasteiger partial charge in [-0.15, -0.1) is 0 Å². The van der Waals surface area contributed by atoms with Crippen molar-refractivity contribution in [2.75, 3.05) is 11.4 Å². The Labute approximate surface area is 111 Å². The summed E-state index contributed by atoms with van der Waals surface area (Å²) in [6, 6.07) is 5.77. The molecule has 0 aliphatic carbocycles. The lowest BCUT2D eigenvalue weighted by molar-refractivity contribution is 0.374. The van der Waals surface area contributed by atoms with E-state index >= 15 is 0 Å². The summed E-state index contributed by atoms with van der Waals surface area (Å²) in [6.45, 7) is 5.43. The van der Waals surface area contributed by atoms with Crippen LogP contribution in [0.5, 0.6) is 0 Å². The normalized spacial score (nSPS) is 25.1. The Kier molecular flexibility index (Phi) is 4.08. The zero-order chi connectivity index (χ0) is 12.4. The van der Waals surface area contributed by atoms with Gasteiger partial charge in [-0.3, -0.25) is 0 Å². The number of para-hydroxylation sites is 1. The Hall–Kier alpha value is -0.570. The molecule has 0 radical (unpaired) electrons. The van der Waals surface area contributed by atoms with Crippen molar-refractivity contribution in [1.82, 2.24) is 0 Å². The van der Waals surface area contributed by atoms with E-state index in [9.17, 15) is 4.39 Å². The van der Waals surface area contributed by atoms with Crippen LogP contribution < -0.4 is 4.90 Å². The highest BCUT2D eigenvalue weighted by atomic mass is 79.9. The predicted molar refractivity (Wildman–Crippen MR) is 74.2 cm³/mol. The standard InChI is InChI=1S/C14H19BrFN/c1-10-6-7-17(11(2)8-10)14-12(9-15)4-3-5-13(14)16/h3-5,10-11H,6-9H2,1-2H3. The smallest absolute Gasteiger partial charge is 0.146 e. The molecule has 0 bridgehead atoms. The third-order valence-electron chi connectivity index (χ3n) is 3.64. The molecule has 1 aliphatic rings. The molecule has 1 heterocycles. The number of piperidine rings is 1. The minimum Gasteiger partial charge on any atom is -0.366 e. The second kappa shape index (κ2) is 5.38. The molecule has 1 aliphatic heterocycles. The monoisotopic (exact) mass is 299 g/mol. The van der Waals surface area contributed by atoms with Crippen LogP contribution in [-0.2, 0) is 5.33 Å². The largest absolute Gasteiger partial charge is 0.366 e. The highest BCUT2D eigenvalue weighted by molar-refractivity contribution is 9.08. The lowest BCUT2D eigenvalue weighted by atomic mass is 9.92. The van der Waals surface area contributed by atoms with E-state index in [-0.39, 0.29) is 5.82 Å². The maximum Gasteiger partial charge on any atom is 0.146 e. The highest BCUT2D eigenvalue weighted by Gasteiger charge is 2.26. The molecule has 2 unspecified atom stereocenters. The second-order valence-corrected chi connectivity index (χ2v) is 5.61. The van der Waals surface area contributed by atoms with Gasteiger partial charge in [-0.25, -0.2) is 4.39 Å². The van der Waals surface area contributed by atoms with Crippen molar-refractivity contribution in [1.29, 1.82) is 0 Å². The van der Waals surface area contributed by atoms with Gasteiger partial charge >= 0.3 is 0 Å². The van der Waals surface area contributed by atoms with E-state index in [1.54, 1.807) is 12.1 Å². The Balaban J connectivity index is 2.33. The van der Waals surface area contributed by atoms with E-state index in [1.807, 2.05) is 6.07 Å². The molecule has 2 atom stereocenters. The summed E-state index contributed by atoms with van der Waals surface area (Å²) >= 11 is 3.45. The molecular weight excluding hydrogens is 281 g/mol. The number of rotatable bonds is 2. The number of alkyl halides is 1. The SMILES string of the molecule is CC1CCN(c2c(F)cccc2CBr)C(C)C1. The first-order valence-corrected chi connectivity index (χ1v) is 7.35. The third kappa shape index (κ3) is 2.65. The summed E-state index contributed by atoms with van der Waals surface area (Å²) in [5.41, 5.74) is 1.84. The molecule has 94 valence electrons. The maximum absolute atomic E-state index is 14.0. The maximum atomic E-state index is 14.0. The quantitative estimate of drug-likeness (QED) is 0.734. The molecule has 0 spiro atoms. The summed E-state index contributed by atoms with van der Waals surface area (Å²) in [4.78, 5) is 2.23. The zero-order valence-corrected chi connectivity index (χ0v) is 12.0.